The lowest BCUT2D eigenvalue weighted by Gasteiger charge is -2.16. The van der Waals surface area contributed by atoms with Gasteiger partial charge in [0.15, 0.2) is 0 Å². The number of benzene rings is 1. The van der Waals surface area contributed by atoms with E-state index in [-0.39, 0.29) is 5.92 Å². The van der Waals surface area contributed by atoms with Crippen molar-refractivity contribution >= 4 is 10.8 Å². The molecular formula is C13H15NO. The second-order valence-electron chi connectivity index (χ2n) is 4.14. The van der Waals surface area contributed by atoms with Gasteiger partial charge in [-0.15, -0.1) is 0 Å². The second-order valence-corrected chi connectivity index (χ2v) is 4.14. The molecule has 15 heavy (non-hydrogen) atoms. The van der Waals surface area contributed by atoms with E-state index in [9.17, 15) is 5.11 Å². The molecule has 1 heterocycles. The molecule has 0 bridgehead atoms. The highest BCUT2D eigenvalue weighted by Crippen LogP contribution is 2.27. The molecule has 0 spiro atoms. The van der Waals surface area contributed by atoms with Gasteiger partial charge in [-0.2, -0.15) is 0 Å². The first-order chi connectivity index (χ1) is 7.20. The van der Waals surface area contributed by atoms with Crippen LogP contribution in [0.5, 0.6) is 0 Å². The Bertz CT molecular complexity index is 460. The monoisotopic (exact) mass is 201 g/mol. The van der Waals surface area contributed by atoms with Gasteiger partial charge in [-0.1, -0.05) is 38.1 Å². The first-order valence-corrected chi connectivity index (χ1v) is 5.21. The van der Waals surface area contributed by atoms with Gasteiger partial charge in [0.2, 0.25) is 0 Å². The van der Waals surface area contributed by atoms with Crippen molar-refractivity contribution in [2.45, 2.75) is 20.0 Å². The Morgan fingerprint density at radius 1 is 1.13 bits per heavy atom. The number of rotatable bonds is 2. The van der Waals surface area contributed by atoms with E-state index in [0.717, 1.165) is 16.3 Å². The summed E-state index contributed by atoms with van der Waals surface area (Å²) < 4.78 is 0. The minimum Gasteiger partial charge on any atom is -0.388 e. The first kappa shape index (κ1) is 10.1. The summed E-state index contributed by atoms with van der Waals surface area (Å²) in [6.45, 7) is 4.01. The molecular weight excluding hydrogens is 186 g/mol. The van der Waals surface area contributed by atoms with Gasteiger partial charge in [0.1, 0.15) is 0 Å². The molecule has 2 heteroatoms. The van der Waals surface area contributed by atoms with Gasteiger partial charge in [-0.3, -0.25) is 4.98 Å². The number of fused-ring (bicyclic) bond motifs is 1. The molecule has 2 nitrogen and oxygen atoms in total. The van der Waals surface area contributed by atoms with Crippen LogP contribution in [0, 0.1) is 5.92 Å². The predicted octanol–water partition coefficient (Wildman–Crippen LogP) is 2.92. The average Bonchev–Trinajstić information content (AvgIpc) is 2.27. The van der Waals surface area contributed by atoms with E-state index in [2.05, 4.69) is 4.98 Å². The second kappa shape index (κ2) is 3.99. The van der Waals surface area contributed by atoms with Crippen molar-refractivity contribution in [1.82, 2.24) is 4.98 Å². The molecule has 0 fully saturated rings. The predicted molar refractivity (Wildman–Crippen MR) is 61.5 cm³/mol. The minimum absolute atomic E-state index is 0.206. The van der Waals surface area contributed by atoms with E-state index >= 15 is 0 Å². The SMILES string of the molecule is CC(C)C(O)c1cncc2ccccc12. The van der Waals surface area contributed by atoms with E-state index in [0.29, 0.717) is 0 Å². The average molecular weight is 201 g/mol. The van der Waals surface area contributed by atoms with Crippen molar-refractivity contribution in [1.29, 1.82) is 0 Å². The summed E-state index contributed by atoms with van der Waals surface area (Å²) in [4.78, 5) is 4.16. The van der Waals surface area contributed by atoms with Gasteiger partial charge in [-0.25, -0.2) is 0 Å². The fourth-order valence-electron chi connectivity index (χ4n) is 1.73. The summed E-state index contributed by atoms with van der Waals surface area (Å²) >= 11 is 0. The summed E-state index contributed by atoms with van der Waals surface area (Å²) in [6, 6.07) is 8.01. The highest BCUT2D eigenvalue weighted by Gasteiger charge is 2.14. The van der Waals surface area contributed by atoms with Crippen molar-refractivity contribution < 1.29 is 5.11 Å². The molecule has 0 aliphatic carbocycles. The fourth-order valence-corrected chi connectivity index (χ4v) is 1.73. The molecule has 1 aromatic heterocycles. The Labute approximate surface area is 89.6 Å². The maximum absolute atomic E-state index is 10.1. The maximum atomic E-state index is 10.1. The highest BCUT2D eigenvalue weighted by molar-refractivity contribution is 5.84. The minimum atomic E-state index is -0.441. The third-order valence-corrected chi connectivity index (χ3v) is 2.65. The van der Waals surface area contributed by atoms with Crippen molar-refractivity contribution in [3.63, 3.8) is 0 Å². The lowest BCUT2D eigenvalue weighted by molar-refractivity contribution is 0.128. The van der Waals surface area contributed by atoms with E-state index in [1.807, 2.05) is 44.3 Å². The van der Waals surface area contributed by atoms with Crippen LogP contribution in [-0.4, -0.2) is 10.1 Å². The van der Waals surface area contributed by atoms with Crippen LogP contribution in [0.1, 0.15) is 25.5 Å². The zero-order chi connectivity index (χ0) is 10.8. The molecule has 0 aliphatic rings. The molecule has 1 N–H and O–H groups in total. The topological polar surface area (TPSA) is 33.1 Å². The van der Waals surface area contributed by atoms with Gasteiger partial charge in [0.25, 0.3) is 0 Å². The zero-order valence-electron chi connectivity index (χ0n) is 9.01. The van der Waals surface area contributed by atoms with Crippen LogP contribution in [0.15, 0.2) is 36.7 Å². The van der Waals surface area contributed by atoms with E-state index < -0.39 is 6.10 Å². The van der Waals surface area contributed by atoms with Crippen LogP contribution in [0.4, 0.5) is 0 Å². The molecule has 1 aromatic carbocycles. The molecule has 0 saturated heterocycles. The number of aliphatic hydroxyl groups is 1. The summed E-state index contributed by atoms with van der Waals surface area (Å²) in [6.07, 6.45) is 3.14. The molecule has 0 saturated carbocycles. The van der Waals surface area contributed by atoms with Gasteiger partial charge < -0.3 is 5.11 Å². The zero-order valence-corrected chi connectivity index (χ0v) is 9.01. The first-order valence-electron chi connectivity index (χ1n) is 5.21. The molecule has 0 radical (unpaired) electrons. The Balaban J connectivity index is 2.60. The fraction of sp³-hybridized carbons (Fsp3) is 0.308. The molecule has 2 aromatic rings. The molecule has 0 aliphatic heterocycles. The van der Waals surface area contributed by atoms with Crippen molar-refractivity contribution in [3.8, 4) is 0 Å². The van der Waals surface area contributed by atoms with Crippen molar-refractivity contribution in [2.24, 2.45) is 5.92 Å². The quantitative estimate of drug-likeness (QED) is 0.810. The van der Waals surface area contributed by atoms with Gasteiger partial charge in [0, 0.05) is 23.3 Å². The van der Waals surface area contributed by atoms with Gasteiger partial charge in [-0.05, 0) is 11.3 Å². The summed E-state index contributed by atoms with van der Waals surface area (Å²) in [5.41, 5.74) is 0.920. The Morgan fingerprint density at radius 2 is 1.87 bits per heavy atom. The van der Waals surface area contributed by atoms with E-state index in [1.54, 1.807) is 6.20 Å². The Morgan fingerprint density at radius 3 is 2.60 bits per heavy atom. The number of aromatic nitrogens is 1. The van der Waals surface area contributed by atoms with Gasteiger partial charge >= 0.3 is 0 Å². The summed E-state index contributed by atoms with van der Waals surface area (Å²) in [5, 5.41) is 12.2. The van der Waals surface area contributed by atoms with Crippen LogP contribution >= 0.6 is 0 Å². The molecule has 0 amide bonds. The molecule has 2 rings (SSSR count). The van der Waals surface area contributed by atoms with E-state index in [1.165, 1.54) is 0 Å². The molecule has 1 atom stereocenters. The molecule has 78 valence electrons. The maximum Gasteiger partial charge on any atom is 0.0833 e. The Kier molecular flexibility index (Phi) is 2.69. The molecule has 1 unspecified atom stereocenters. The number of hydrogen-bond donors (Lipinski definition) is 1. The highest BCUT2D eigenvalue weighted by atomic mass is 16.3. The summed E-state index contributed by atoms with van der Waals surface area (Å²) in [7, 11) is 0. The van der Waals surface area contributed by atoms with Crippen LogP contribution in [-0.2, 0) is 0 Å². The standard InChI is InChI=1S/C13H15NO/c1-9(2)13(15)12-8-14-7-10-5-3-4-6-11(10)12/h3-9,13,15H,1-2H3. The van der Waals surface area contributed by atoms with Crippen molar-refractivity contribution in [2.75, 3.05) is 0 Å². The van der Waals surface area contributed by atoms with Crippen LogP contribution < -0.4 is 0 Å². The van der Waals surface area contributed by atoms with Crippen LogP contribution in [0.2, 0.25) is 0 Å². The summed E-state index contributed by atoms with van der Waals surface area (Å²) in [5.74, 6) is 0.206. The van der Waals surface area contributed by atoms with E-state index in [4.69, 9.17) is 0 Å². The normalized spacial score (nSPS) is 13.3. The number of aliphatic hydroxyl groups excluding tert-OH is 1. The third kappa shape index (κ3) is 1.85. The number of nitrogens with zero attached hydrogens (tertiary/aromatic N) is 1. The number of pyridine rings is 1. The van der Waals surface area contributed by atoms with Crippen molar-refractivity contribution in [3.05, 3.63) is 42.2 Å². The Hall–Kier alpha value is -1.41. The largest absolute Gasteiger partial charge is 0.388 e. The number of hydrogen-bond acceptors (Lipinski definition) is 2. The van der Waals surface area contributed by atoms with Crippen LogP contribution in [0.3, 0.4) is 0 Å². The lowest BCUT2D eigenvalue weighted by Crippen LogP contribution is -2.06. The third-order valence-electron chi connectivity index (χ3n) is 2.65. The lowest BCUT2D eigenvalue weighted by atomic mass is 9.96. The smallest absolute Gasteiger partial charge is 0.0833 e. The van der Waals surface area contributed by atoms with Gasteiger partial charge in [0.05, 0.1) is 6.10 Å². The van der Waals surface area contributed by atoms with Crippen LogP contribution in [0.25, 0.3) is 10.8 Å².